The highest BCUT2D eigenvalue weighted by molar-refractivity contribution is 5.28. The summed E-state index contributed by atoms with van der Waals surface area (Å²) in [6.45, 7) is 5.75. The highest BCUT2D eigenvalue weighted by atomic mass is 15.1. The van der Waals surface area contributed by atoms with Crippen LogP contribution in [0.15, 0.2) is 42.7 Å². The molecule has 0 bridgehead atoms. The first kappa shape index (κ1) is 14.7. The minimum Gasteiger partial charge on any atom is -0.329 e. The summed E-state index contributed by atoms with van der Waals surface area (Å²) in [5, 5.41) is 0. The van der Waals surface area contributed by atoms with Crippen LogP contribution in [-0.4, -0.2) is 23.5 Å². The van der Waals surface area contributed by atoms with Crippen molar-refractivity contribution in [2.45, 2.75) is 26.4 Å². The smallest absolute Gasteiger partial charge is 0.0488 e. The van der Waals surface area contributed by atoms with Gasteiger partial charge in [-0.15, -0.1) is 0 Å². The number of aryl methyl sites for hydroxylation is 2. The van der Waals surface area contributed by atoms with Gasteiger partial charge in [-0.05, 0) is 49.2 Å². The summed E-state index contributed by atoms with van der Waals surface area (Å²) in [5.74, 6) is 0. The van der Waals surface area contributed by atoms with Gasteiger partial charge in [0, 0.05) is 31.5 Å². The molecule has 20 heavy (non-hydrogen) atoms. The maximum atomic E-state index is 6.00. The maximum absolute atomic E-state index is 6.00. The van der Waals surface area contributed by atoms with Gasteiger partial charge in [0.05, 0.1) is 0 Å². The van der Waals surface area contributed by atoms with Gasteiger partial charge in [0.2, 0.25) is 0 Å². The van der Waals surface area contributed by atoms with Crippen LogP contribution in [0, 0.1) is 13.8 Å². The van der Waals surface area contributed by atoms with Gasteiger partial charge in [0.25, 0.3) is 0 Å². The Morgan fingerprint density at radius 2 is 1.90 bits per heavy atom. The van der Waals surface area contributed by atoms with Crippen LogP contribution in [0.1, 0.15) is 28.3 Å². The van der Waals surface area contributed by atoms with Crippen LogP contribution in [0.3, 0.4) is 0 Å². The molecule has 0 saturated heterocycles. The fourth-order valence-electron chi connectivity index (χ4n) is 2.54. The van der Waals surface area contributed by atoms with E-state index in [4.69, 9.17) is 5.73 Å². The Hall–Kier alpha value is -1.71. The summed E-state index contributed by atoms with van der Waals surface area (Å²) in [4.78, 5) is 6.54. The van der Waals surface area contributed by atoms with E-state index in [1.165, 1.54) is 22.3 Å². The zero-order valence-corrected chi connectivity index (χ0v) is 12.5. The third-order valence-electron chi connectivity index (χ3n) is 3.87. The lowest BCUT2D eigenvalue weighted by atomic mass is 10.0. The molecule has 0 spiro atoms. The van der Waals surface area contributed by atoms with Gasteiger partial charge in [0.1, 0.15) is 0 Å². The Kier molecular flexibility index (Phi) is 4.88. The fourth-order valence-corrected chi connectivity index (χ4v) is 2.54. The van der Waals surface area contributed by atoms with Crippen LogP contribution in [-0.2, 0) is 6.54 Å². The van der Waals surface area contributed by atoms with Crippen molar-refractivity contribution in [2.75, 3.05) is 13.6 Å². The van der Waals surface area contributed by atoms with E-state index in [9.17, 15) is 0 Å². The Morgan fingerprint density at radius 3 is 2.55 bits per heavy atom. The molecule has 3 nitrogen and oxygen atoms in total. The van der Waals surface area contributed by atoms with E-state index >= 15 is 0 Å². The van der Waals surface area contributed by atoms with Crippen LogP contribution in [0.5, 0.6) is 0 Å². The third-order valence-corrected chi connectivity index (χ3v) is 3.87. The van der Waals surface area contributed by atoms with Gasteiger partial charge < -0.3 is 5.73 Å². The summed E-state index contributed by atoms with van der Waals surface area (Å²) in [5.41, 5.74) is 11.1. The molecule has 0 amide bonds. The Morgan fingerprint density at radius 1 is 1.15 bits per heavy atom. The van der Waals surface area contributed by atoms with Crippen LogP contribution in [0.2, 0.25) is 0 Å². The molecule has 1 aromatic carbocycles. The Balaban J connectivity index is 2.20. The normalized spacial score (nSPS) is 12.7. The van der Waals surface area contributed by atoms with Crippen LogP contribution >= 0.6 is 0 Å². The van der Waals surface area contributed by atoms with Crippen molar-refractivity contribution in [2.24, 2.45) is 5.73 Å². The summed E-state index contributed by atoms with van der Waals surface area (Å²) in [7, 11) is 2.12. The second-order valence-electron chi connectivity index (χ2n) is 5.33. The van der Waals surface area contributed by atoms with E-state index in [2.05, 4.69) is 55.0 Å². The molecular formula is C17H23N3. The zero-order valence-electron chi connectivity index (χ0n) is 12.5. The lowest BCUT2D eigenvalue weighted by Gasteiger charge is -2.28. The SMILES string of the molecule is Cc1ccccc1CN(C)C(CN)c1cnccc1C. The average Bonchev–Trinajstić information content (AvgIpc) is 2.44. The highest BCUT2D eigenvalue weighted by Gasteiger charge is 2.18. The van der Waals surface area contributed by atoms with Gasteiger partial charge in [0.15, 0.2) is 0 Å². The molecule has 1 atom stereocenters. The van der Waals surface area contributed by atoms with E-state index < -0.39 is 0 Å². The number of hydrogen-bond acceptors (Lipinski definition) is 3. The number of hydrogen-bond donors (Lipinski definition) is 1. The topological polar surface area (TPSA) is 42.1 Å². The molecular weight excluding hydrogens is 246 g/mol. The van der Waals surface area contributed by atoms with Crippen LogP contribution < -0.4 is 5.73 Å². The second-order valence-corrected chi connectivity index (χ2v) is 5.33. The molecule has 1 aromatic heterocycles. The van der Waals surface area contributed by atoms with Gasteiger partial charge in [-0.2, -0.15) is 0 Å². The predicted molar refractivity (Wildman–Crippen MR) is 83.4 cm³/mol. The molecule has 0 aliphatic rings. The fraction of sp³-hybridized carbons (Fsp3) is 0.353. The molecule has 2 N–H and O–H groups in total. The summed E-state index contributed by atoms with van der Waals surface area (Å²) < 4.78 is 0. The van der Waals surface area contributed by atoms with Crippen molar-refractivity contribution in [3.63, 3.8) is 0 Å². The molecule has 3 heteroatoms. The minimum absolute atomic E-state index is 0.198. The van der Waals surface area contributed by atoms with E-state index in [-0.39, 0.29) is 6.04 Å². The van der Waals surface area contributed by atoms with Crippen molar-refractivity contribution >= 4 is 0 Å². The summed E-state index contributed by atoms with van der Waals surface area (Å²) in [6, 6.07) is 10.7. The van der Waals surface area contributed by atoms with Gasteiger partial charge in [-0.3, -0.25) is 9.88 Å². The maximum Gasteiger partial charge on any atom is 0.0488 e. The lowest BCUT2D eigenvalue weighted by Crippen LogP contribution is -2.31. The molecule has 0 fully saturated rings. The monoisotopic (exact) mass is 269 g/mol. The first-order chi connectivity index (χ1) is 9.63. The van der Waals surface area contributed by atoms with E-state index in [1.54, 1.807) is 0 Å². The summed E-state index contributed by atoms with van der Waals surface area (Å²) in [6.07, 6.45) is 3.76. The largest absolute Gasteiger partial charge is 0.329 e. The quantitative estimate of drug-likeness (QED) is 0.907. The number of pyridine rings is 1. The number of aromatic nitrogens is 1. The van der Waals surface area contributed by atoms with E-state index in [1.807, 2.05) is 18.5 Å². The van der Waals surface area contributed by atoms with Crippen LogP contribution in [0.4, 0.5) is 0 Å². The average molecular weight is 269 g/mol. The molecule has 2 rings (SSSR count). The summed E-state index contributed by atoms with van der Waals surface area (Å²) >= 11 is 0. The van der Waals surface area contributed by atoms with Crippen molar-refractivity contribution in [3.8, 4) is 0 Å². The second kappa shape index (κ2) is 6.64. The van der Waals surface area contributed by atoms with Crippen molar-refractivity contribution in [1.82, 2.24) is 9.88 Å². The predicted octanol–water partition coefficient (Wildman–Crippen LogP) is 2.83. The number of rotatable bonds is 5. The first-order valence-electron chi connectivity index (χ1n) is 6.98. The number of nitrogens with two attached hydrogens (primary N) is 1. The van der Waals surface area contributed by atoms with E-state index in [0.29, 0.717) is 6.54 Å². The molecule has 0 aliphatic heterocycles. The molecule has 106 valence electrons. The van der Waals surface area contributed by atoms with Crippen molar-refractivity contribution < 1.29 is 0 Å². The first-order valence-corrected chi connectivity index (χ1v) is 6.98. The van der Waals surface area contributed by atoms with Gasteiger partial charge in [-0.25, -0.2) is 0 Å². The van der Waals surface area contributed by atoms with E-state index in [0.717, 1.165) is 6.54 Å². The zero-order chi connectivity index (χ0) is 14.5. The Labute approximate surface area is 121 Å². The van der Waals surface area contributed by atoms with Crippen molar-refractivity contribution in [3.05, 3.63) is 65.0 Å². The minimum atomic E-state index is 0.198. The molecule has 0 aliphatic carbocycles. The molecule has 0 radical (unpaired) electrons. The lowest BCUT2D eigenvalue weighted by molar-refractivity contribution is 0.240. The highest BCUT2D eigenvalue weighted by Crippen LogP contribution is 2.23. The molecule has 2 aromatic rings. The number of likely N-dealkylation sites (N-methyl/N-ethyl adjacent to an activating group) is 1. The van der Waals surface area contributed by atoms with Gasteiger partial charge >= 0.3 is 0 Å². The third kappa shape index (κ3) is 3.24. The van der Waals surface area contributed by atoms with Crippen molar-refractivity contribution in [1.29, 1.82) is 0 Å². The standard InChI is InChI=1S/C17H23N3/c1-13-6-4-5-7-15(13)12-20(3)17(10-18)16-11-19-9-8-14(16)2/h4-9,11,17H,10,12,18H2,1-3H3. The van der Waals surface area contributed by atoms with Crippen LogP contribution in [0.25, 0.3) is 0 Å². The number of nitrogens with zero attached hydrogens (tertiary/aromatic N) is 2. The van der Waals surface area contributed by atoms with Gasteiger partial charge in [-0.1, -0.05) is 24.3 Å². The molecule has 1 heterocycles. The molecule has 0 saturated carbocycles. The number of benzene rings is 1. The molecule has 1 unspecified atom stereocenters. The Bertz CT molecular complexity index is 566.